The maximum Gasteiger partial charge on any atom is 0.350 e. The molecule has 4 heterocycles. The molecule has 1 saturated carbocycles. The second-order valence-electron chi connectivity index (χ2n) is 16.3. The summed E-state index contributed by atoms with van der Waals surface area (Å²) in [5.41, 5.74) is 6.29. The van der Waals surface area contributed by atoms with Gasteiger partial charge in [0.25, 0.3) is 0 Å². The summed E-state index contributed by atoms with van der Waals surface area (Å²) in [6.45, 7) is 23.7. The molecule has 7 nitrogen and oxygen atoms in total. The van der Waals surface area contributed by atoms with Crippen LogP contribution in [-0.2, 0) is 9.47 Å². The molecule has 0 N–H and O–H groups in total. The molecular formula is C48H62O7. The van der Waals surface area contributed by atoms with Gasteiger partial charge in [0, 0.05) is 34.7 Å². The van der Waals surface area contributed by atoms with Gasteiger partial charge in [-0.2, -0.15) is 0 Å². The predicted molar refractivity (Wildman–Crippen MR) is 226 cm³/mol. The summed E-state index contributed by atoms with van der Waals surface area (Å²) >= 11 is 0. The molecule has 0 bridgehead atoms. The largest absolute Gasteiger partial charge is 0.488 e. The van der Waals surface area contributed by atoms with Crippen LogP contribution in [0.4, 0.5) is 0 Å². The lowest BCUT2D eigenvalue weighted by Crippen LogP contribution is -2.39. The van der Waals surface area contributed by atoms with E-state index in [9.17, 15) is 4.79 Å². The fourth-order valence-electron chi connectivity index (χ4n) is 7.49. The van der Waals surface area contributed by atoms with Crippen molar-refractivity contribution in [1.29, 1.82) is 0 Å². The number of aryl methyl sites for hydroxylation is 2. The lowest BCUT2D eigenvalue weighted by Gasteiger charge is -2.30. The van der Waals surface area contributed by atoms with Crippen LogP contribution in [0.25, 0.3) is 34.1 Å². The average Bonchev–Trinajstić information content (AvgIpc) is 3.39. The van der Waals surface area contributed by atoms with Crippen LogP contribution in [0.15, 0.2) is 86.2 Å². The highest BCUT2D eigenvalue weighted by Crippen LogP contribution is 2.54. The molecule has 2 aromatic heterocycles. The van der Waals surface area contributed by atoms with E-state index in [4.69, 9.17) is 27.8 Å². The molecule has 3 aliphatic rings. The van der Waals surface area contributed by atoms with Crippen molar-refractivity contribution in [2.45, 2.75) is 132 Å². The summed E-state index contributed by atoms with van der Waals surface area (Å²) < 4.78 is 36.6. The maximum atomic E-state index is 11.8. The number of furan rings is 1. The van der Waals surface area contributed by atoms with Gasteiger partial charge in [0.1, 0.15) is 29.3 Å². The van der Waals surface area contributed by atoms with Crippen LogP contribution >= 0.6 is 0 Å². The highest BCUT2D eigenvalue weighted by Gasteiger charge is 2.54. The molecule has 296 valence electrons. The van der Waals surface area contributed by atoms with Crippen LogP contribution in [0.2, 0.25) is 0 Å². The van der Waals surface area contributed by atoms with E-state index in [1.54, 1.807) is 12.3 Å². The molecule has 1 spiro atoms. The smallest absolute Gasteiger partial charge is 0.350 e. The summed E-state index contributed by atoms with van der Waals surface area (Å²) in [6, 6.07) is 8.92. The van der Waals surface area contributed by atoms with E-state index in [0.717, 1.165) is 69.2 Å². The Morgan fingerprint density at radius 1 is 0.982 bits per heavy atom. The quantitative estimate of drug-likeness (QED) is 0.118. The molecule has 4 aromatic rings. The van der Waals surface area contributed by atoms with Crippen LogP contribution in [0, 0.1) is 25.2 Å². The van der Waals surface area contributed by atoms with Crippen molar-refractivity contribution < 1.29 is 27.8 Å². The minimum Gasteiger partial charge on any atom is -0.488 e. The second-order valence-corrected chi connectivity index (χ2v) is 16.3. The Hall–Kier alpha value is -4.33. The highest BCUT2D eigenvalue weighted by atomic mass is 16.9. The van der Waals surface area contributed by atoms with Crippen LogP contribution in [0.5, 0.6) is 11.5 Å². The van der Waals surface area contributed by atoms with E-state index < -0.39 is 11.6 Å². The number of hydrogen-bond acceptors (Lipinski definition) is 7. The molecule has 2 aliphatic heterocycles. The Bertz CT molecular complexity index is 2120. The molecule has 3 unspecified atom stereocenters. The monoisotopic (exact) mass is 750 g/mol. The third-order valence-corrected chi connectivity index (χ3v) is 11.0. The molecule has 0 radical (unpaired) electrons. The molecule has 2 aromatic carbocycles. The van der Waals surface area contributed by atoms with Gasteiger partial charge in [0.05, 0.1) is 23.4 Å². The summed E-state index contributed by atoms with van der Waals surface area (Å²) in [5.74, 6) is 1.17. The van der Waals surface area contributed by atoms with Crippen molar-refractivity contribution in [2.75, 3.05) is 6.61 Å². The van der Waals surface area contributed by atoms with E-state index in [0.29, 0.717) is 23.7 Å². The van der Waals surface area contributed by atoms with E-state index in [2.05, 4.69) is 59.8 Å². The van der Waals surface area contributed by atoms with Gasteiger partial charge in [0.2, 0.25) is 0 Å². The lowest BCUT2D eigenvalue weighted by atomic mass is 9.96. The first kappa shape index (κ1) is 41.8. The fraction of sp³-hybridized carbons (Fsp3) is 0.479. The number of ether oxygens (including phenoxy) is 4. The van der Waals surface area contributed by atoms with Gasteiger partial charge in [-0.25, -0.2) is 4.79 Å². The minimum atomic E-state index is -1.28. The van der Waals surface area contributed by atoms with Gasteiger partial charge in [-0.15, -0.1) is 0 Å². The van der Waals surface area contributed by atoms with Gasteiger partial charge in [-0.1, -0.05) is 70.4 Å². The van der Waals surface area contributed by atoms with Crippen LogP contribution in [0.3, 0.4) is 0 Å². The first-order valence-corrected chi connectivity index (χ1v) is 20.0. The zero-order valence-corrected chi connectivity index (χ0v) is 35.0. The van der Waals surface area contributed by atoms with E-state index in [1.165, 1.54) is 30.9 Å². The molecule has 3 atom stereocenters. The number of fused-ring (bicyclic) bond motifs is 3. The molecule has 2 fully saturated rings. The third kappa shape index (κ3) is 9.92. The number of hydrogen-bond donors (Lipinski definition) is 0. The first-order valence-electron chi connectivity index (χ1n) is 20.0. The molecule has 1 saturated heterocycles. The number of allylic oxidation sites excluding steroid dienone is 4. The van der Waals surface area contributed by atoms with Gasteiger partial charge < -0.3 is 27.8 Å². The van der Waals surface area contributed by atoms with Crippen LogP contribution in [-0.4, -0.2) is 24.3 Å². The van der Waals surface area contributed by atoms with Gasteiger partial charge in [-0.05, 0) is 127 Å². The Kier molecular flexibility index (Phi) is 13.4. The number of benzene rings is 2. The SMILES string of the molecule is C/C=C\CC.C/C=C\c1c(C)cc2oc(=O)ccc2c1OC/C=C(\C)CCC1OC2(C=Cc3c(cc4occc4c3C)O2)OC1(C)C.CCCC1CC1(C)C. The van der Waals surface area contributed by atoms with Gasteiger partial charge >= 0.3 is 11.6 Å². The summed E-state index contributed by atoms with van der Waals surface area (Å²) in [6.07, 6.45) is 22.6. The lowest BCUT2D eigenvalue weighted by molar-refractivity contribution is -0.270. The zero-order chi connectivity index (χ0) is 40.0. The van der Waals surface area contributed by atoms with Crippen molar-refractivity contribution in [3.8, 4) is 11.5 Å². The van der Waals surface area contributed by atoms with Crippen molar-refractivity contribution in [1.82, 2.24) is 0 Å². The van der Waals surface area contributed by atoms with Crippen molar-refractivity contribution in [2.24, 2.45) is 11.3 Å². The predicted octanol–water partition coefficient (Wildman–Crippen LogP) is 13.1. The summed E-state index contributed by atoms with van der Waals surface area (Å²) in [4.78, 5) is 11.8. The Morgan fingerprint density at radius 2 is 1.75 bits per heavy atom. The Labute approximate surface area is 328 Å². The molecule has 0 amide bonds. The van der Waals surface area contributed by atoms with Crippen molar-refractivity contribution in [3.05, 3.63) is 105 Å². The van der Waals surface area contributed by atoms with Gasteiger partial charge in [0.15, 0.2) is 0 Å². The average molecular weight is 751 g/mol. The normalized spacial score (nSPS) is 22.1. The zero-order valence-electron chi connectivity index (χ0n) is 35.0. The van der Waals surface area contributed by atoms with Crippen LogP contribution < -0.4 is 15.1 Å². The maximum absolute atomic E-state index is 11.8. The van der Waals surface area contributed by atoms with Crippen molar-refractivity contribution >= 4 is 34.1 Å². The fourth-order valence-corrected chi connectivity index (χ4v) is 7.49. The molecule has 7 heteroatoms. The first-order chi connectivity index (χ1) is 26.2. The molecule has 7 rings (SSSR count). The minimum absolute atomic E-state index is 0.189. The standard InChI is InChI=1S/C35H36O7.C8H16.C5H10/c1-7-8-24-22(3)19-29-27(10-12-32(36)39-29)33(24)38-17-14-21(2)9-11-31-34(5,6)42-35(41-31)16-13-25-23(4)26-15-18-37-28(26)20-30(25)40-35;1-4-5-7-6-8(7,2)3;1-3-5-4-2/h7-8,10,12-16,18-20,31H,9,11,17H2,1-6H3;7H,4-6H2,1-3H3;3,5H,4H2,1-2H3/b8-7-,21-14+;;5-3-. The summed E-state index contributed by atoms with van der Waals surface area (Å²) in [5, 5.41) is 1.84. The summed E-state index contributed by atoms with van der Waals surface area (Å²) in [7, 11) is 0. The van der Waals surface area contributed by atoms with E-state index >= 15 is 0 Å². The third-order valence-electron chi connectivity index (χ3n) is 11.0. The second kappa shape index (κ2) is 17.6. The van der Waals surface area contributed by atoms with Crippen molar-refractivity contribution in [3.63, 3.8) is 0 Å². The van der Waals surface area contributed by atoms with E-state index in [1.807, 2.05) is 77.1 Å². The topological polar surface area (TPSA) is 80.3 Å². The molecular weight excluding hydrogens is 689 g/mol. The highest BCUT2D eigenvalue weighted by molar-refractivity contribution is 5.89. The van der Waals surface area contributed by atoms with E-state index in [-0.39, 0.29) is 11.7 Å². The molecule has 1 aliphatic carbocycles. The Balaban J connectivity index is 0.000000380. The number of rotatable bonds is 10. The van der Waals surface area contributed by atoms with Crippen LogP contribution in [0.1, 0.15) is 123 Å². The Morgan fingerprint density at radius 3 is 2.38 bits per heavy atom. The van der Waals surface area contributed by atoms with Gasteiger partial charge in [-0.3, -0.25) is 0 Å². The molecule has 55 heavy (non-hydrogen) atoms.